The number of hydrogen-bond donors (Lipinski definition) is 4. The summed E-state index contributed by atoms with van der Waals surface area (Å²) in [5.74, 6) is -1.77. The predicted octanol–water partition coefficient (Wildman–Crippen LogP) is -6.18. The van der Waals surface area contributed by atoms with E-state index in [-0.39, 0.29) is 35.3 Å². The molecular weight excluding hydrogens is 217 g/mol. The van der Waals surface area contributed by atoms with E-state index in [0.717, 1.165) is 0 Å². The molecule has 1 aliphatic carbocycles. The maximum atomic E-state index is 10.5. The van der Waals surface area contributed by atoms with Gasteiger partial charge in [-0.3, -0.25) is 0 Å². The fourth-order valence-corrected chi connectivity index (χ4v) is 1.41. The van der Waals surface area contributed by atoms with Crippen LogP contribution in [0.1, 0.15) is 12.8 Å². The minimum Gasteiger partial charge on any atom is -0.547 e. The van der Waals surface area contributed by atoms with Crippen molar-refractivity contribution in [3.05, 3.63) is 0 Å². The van der Waals surface area contributed by atoms with Crippen molar-refractivity contribution < 1.29 is 60.0 Å². The van der Waals surface area contributed by atoms with Crippen LogP contribution in [0.2, 0.25) is 0 Å². The van der Waals surface area contributed by atoms with Crippen LogP contribution < -0.4 is 34.7 Å². The normalized spacial score (nSPS) is 38.5. The van der Waals surface area contributed by atoms with Gasteiger partial charge in [0.1, 0.15) is 11.7 Å². The summed E-state index contributed by atoms with van der Waals surface area (Å²) in [6, 6.07) is 0. The fourth-order valence-electron chi connectivity index (χ4n) is 1.41. The molecule has 0 aromatic carbocycles. The number of rotatable bonds is 1. The molecule has 4 N–H and O–H groups in total. The van der Waals surface area contributed by atoms with Crippen molar-refractivity contribution in [2.75, 3.05) is 0 Å². The Morgan fingerprint density at radius 2 is 2.07 bits per heavy atom. The zero-order chi connectivity index (χ0) is 10.9. The summed E-state index contributed by atoms with van der Waals surface area (Å²) < 4.78 is 0. The molecule has 0 radical (unpaired) electrons. The van der Waals surface area contributed by atoms with E-state index in [4.69, 9.17) is 5.21 Å². The molecule has 7 nitrogen and oxygen atoms in total. The second-order valence-electron chi connectivity index (χ2n) is 3.30. The Hall–Kier alpha value is -0.180. The third-order valence-corrected chi connectivity index (χ3v) is 2.23. The maximum absolute atomic E-state index is 10.5. The molecule has 0 aliphatic heterocycles. The smallest absolute Gasteiger partial charge is 0.547 e. The van der Waals surface area contributed by atoms with Crippen LogP contribution >= 0.6 is 0 Å². The SMILES string of the molecule is O=C([O-])[C@]1(O)C/C(=N\O)[C@@H](O)[C@H](O)C1.[Na+]. The molecule has 80 valence electrons. The summed E-state index contributed by atoms with van der Waals surface area (Å²) >= 11 is 0. The van der Waals surface area contributed by atoms with Crippen LogP contribution in [0.3, 0.4) is 0 Å². The van der Waals surface area contributed by atoms with E-state index in [0.29, 0.717) is 0 Å². The summed E-state index contributed by atoms with van der Waals surface area (Å²) in [6.45, 7) is 0. The van der Waals surface area contributed by atoms with Crippen molar-refractivity contribution in [2.45, 2.75) is 30.7 Å². The summed E-state index contributed by atoms with van der Waals surface area (Å²) in [5.41, 5.74) is -2.67. The average molecular weight is 227 g/mol. The first-order valence-electron chi connectivity index (χ1n) is 3.91. The number of hydrogen-bond acceptors (Lipinski definition) is 7. The van der Waals surface area contributed by atoms with E-state index in [2.05, 4.69) is 5.16 Å². The standard InChI is InChI=1S/C7H11NO6.Na/c9-4-2-7(13,6(11)12)1-3(8-14)5(4)10;/h4-5,9-10,13-14H,1-2H2,(H,11,12);/q;+1/p-1/b8-3+;/t4-,5-,7+;/m1./s1. The van der Waals surface area contributed by atoms with Gasteiger partial charge in [-0.2, -0.15) is 0 Å². The topological polar surface area (TPSA) is 133 Å². The third-order valence-electron chi connectivity index (χ3n) is 2.23. The van der Waals surface area contributed by atoms with Gasteiger partial charge in [0.25, 0.3) is 0 Å². The van der Waals surface area contributed by atoms with Gasteiger partial charge in [0.15, 0.2) is 0 Å². The van der Waals surface area contributed by atoms with Gasteiger partial charge in [-0.15, -0.1) is 0 Å². The van der Waals surface area contributed by atoms with Crippen LogP contribution in [0, 0.1) is 0 Å². The number of carboxylic acid groups (broad SMARTS) is 1. The Balaban J connectivity index is 0.00000196. The molecule has 0 aromatic rings. The Kier molecular flexibility index (Phi) is 5.18. The first-order chi connectivity index (χ1) is 6.40. The second kappa shape index (κ2) is 5.24. The second-order valence-corrected chi connectivity index (χ2v) is 3.30. The van der Waals surface area contributed by atoms with Gasteiger partial charge in [-0.05, 0) is 0 Å². The van der Waals surface area contributed by atoms with Gasteiger partial charge in [-0.25, -0.2) is 0 Å². The van der Waals surface area contributed by atoms with Crippen molar-refractivity contribution in [1.82, 2.24) is 0 Å². The molecule has 15 heavy (non-hydrogen) atoms. The summed E-state index contributed by atoms with van der Waals surface area (Å²) in [4.78, 5) is 10.5. The van der Waals surface area contributed by atoms with Crippen LogP contribution in [0.25, 0.3) is 0 Å². The Bertz CT molecular complexity index is 283. The van der Waals surface area contributed by atoms with E-state index in [1.807, 2.05) is 0 Å². The molecule has 0 aromatic heterocycles. The predicted molar refractivity (Wildman–Crippen MR) is 40.4 cm³/mol. The Morgan fingerprint density at radius 1 is 1.53 bits per heavy atom. The van der Waals surface area contributed by atoms with E-state index < -0.39 is 36.6 Å². The van der Waals surface area contributed by atoms with Crippen molar-refractivity contribution in [3.63, 3.8) is 0 Å². The molecule has 8 heteroatoms. The number of carboxylic acids is 1. The van der Waals surface area contributed by atoms with E-state index in [1.165, 1.54) is 0 Å². The number of nitrogens with zero attached hydrogens (tertiary/aromatic N) is 1. The molecule has 0 saturated heterocycles. The maximum Gasteiger partial charge on any atom is 1.00 e. The van der Waals surface area contributed by atoms with Gasteiger partial charge in [-0.1, -0.05) is 5.16 Å². The molecule has 0 unspecified atom stereocenters. The van der Waals surface area contributed by atoms with E-state index in [9.17, 15) is 25.2 Å². The number of aliphatic hydroxyl groups is 3. The molecule has 3 atom stereocenters. The van der Waals surface area contributed by atoms with Crippen LogP contribution in [-0.2, 0) is 4.79 Å². The third kappa shape index (κ3) is 2.90. The summed E-state index contributed by atoms with van der Waals surface area (Å²) in [6.07, 6.45) is -4.07. The number of oxime groups is 1. The monoisotopic (exact) mass is 227 g/mol. The summed E-state index contributed by atoms with van der Waals surface area (Å²) in [7, 11) is 0. The molecule has 0 heterocycles. The van der Waals surface area contributed by atoms with Gasteiger partial charge in [0.05, 0.1) is 17.8 Å². The van der Waals surface area contributed by atoms with E-state index in [1.54, 1.807) is 0 Å². The molecule has 0 spiro atoms. The quantitative estimate of drug-likeness (QED) is 0.200. The number of aliphatic hydroxyl groups excluding tert-OH is 2. The average Bonchev–Trinajstić information content (AvgIpc) is 2.11. The van der Waals surface area contributed by atoms with Gasteiger partial charge in [0.2, 0.25) is 0 Å². The zero-order valence-electron chi connectivity index (χ0n) is 8.12. The van der Waals surface area contributed by atoms with Crippen LogP contribution in [0.15, 0.2) is 5.16 Å². The van der Waals surface area contributed by atoms with Crippen molar-refractivity contribution >= 4 is 11.7 Å². The van der Waals surface area contributed by atoms with E-state index >= 15 is 0 Å². The Morgan fingerprint density at radius 3 is 2.47 bits per heavy atom. The number of carbonyl (C=O) groups excluding carboxylic acids is 1. The molecular formula is C7H10NNaO6. The van der Waals surface area contributed by atoms with Gasteiger partial charge in [0, 0.05) is 12.8 Å². The van der Waals surface area contributed by atoms with Crippen molar-refractivity contribution in [1.29, 1.82) is 0 Å². The first kappa shape index (κ1) is 14.8. The number of carbonyl (C=O) groups is 1. The van der Waals surface area contributed by atoms with Crippen molar-refractivity contribution in [2.24, 2.45) is 5.16 Å². The van der Waals surface area contributed by atoms with Crippen LogP contribution in [-0.4, -0.2) is 50.0 Å². The molecule has 1 rings (SSSR count). The van der Waals surface area contributed by atoms with Crippen LogP contribution in [0.5, 0.6) is 0 Å². The first-order valence-corrected chi connectivity index (χ1v) is 3.91. The fraction of sp³-hybridized carbons (Fsp3) is 0.714. The Labute approximate surface area is 107 Å². The minimum atomic E-state index is -2.29. The minimum absolute atomic E-state index is 0. The van der Waals surface area contributed by atoms with Gasteiger partial charge < -0.3 is 30.4 Å². The summed E-state index contributed by atoms with van der Waals surface area (Å²) in [5, 5.41) is 49.3. The molecule has 1 fully saturated rings. The van der Waals surface area contributed by atoms with Crippen molar-refractivity contribution in [3.8, 4) is 0 Å². The zero-order valence-corrected chi connectivity index (χ0v) is 10.1. The van der Waals surface area contributed by atoms with Gasteiger partial charge >= 0.3 is 29.6 Å². The molecule has 1 saturated carbocycles. The molecule has 0 amide bonds. The number of aliphatic carboxylic acids is 1. The molecule has 1 aliphatic rings. The van der Waals surface area contributed by atoms with Crippen LogP contribution in [0.4, 0.5) is 0 Å². The molecule has 0 bridgehead atoms. The largest absolute Gasteiger partial charge is 1.00 e.